The zero-order valence-corrected chi connectivity index (χ0v) is 15.9. The van der Waals surface area contributed by atoms with E-state index in [9.17, 15) is 13.2 Å². The molecule has 0 unspecified atom stereocenters. The van der Waals surface area contributed by atoms with Crippen molar-refractivity contribution in [2.75, 3.05) is 25.7 Å². The number of anilines is 1. The average molecular weight is 377 g/mol. The van der Waals surface area contributed by atoms with E-state index in [2.05, 4.69) is 5.32 Å². The van der Waals surface area contributed by atoms with Gasteiger partial charge in [-0.15, -0.1) is 11.8 Å². The minimum atomic E-state index is -3.47. The summed E-state index contributed by atoms with van der Waals surface area (Å²) in [4.78, 5) is 13.3. The molecule has 2 aromatic carbocycles. The lowest BCUT2D eigenvalue weighted by Gasteiger charge is -2.11. The molecule has 0 aliphatic carbocycles. The Bertz CT molecular complexity index is 856. The molecule has 0 saturated carbocycles. The summed E-state index contributed by atoms with van der Waals surface area (Å²) >= 11 is 1.66. The van der Waals surface area contributed by atoms with Gasteiger partial charge >= 0.3 is 0 Å². The highest BCUT2D eigenvalue weighted by Gasteiger charge is 2.16. The zero-order valence-electron chi connectivity index (χ0n) is 14.3. The summed E-state index contributed by atoms with van der Waals surface area (Å²) in [5.74, 6) is -0.280. The van der Waals surface area contributed by atoms with Crippen LogP contribution in [0, 0.1) is 0 Å². The molecule has 0 heterocycles. The van der Waals surface area contributed by atoms with Gasteiger partial charge in [-0.3, -0.25) is 4.79 Å². The fourth-order valence-corrected chi connectivity index (χ4v) is 3.30. The number of hydrogen-bond donors (Lipinski definition) is 1. The third-order valence-corrected chi connectivity index (χ3v) is 6.02. The maximum absolute atomic E-state index is 12.0. The van der Waals surface area contributed by atoms with Gasteiger partial charge in [-0.1, -0.05) is 12.1 Å². The molecule has 0 aliphatic heterocycles. The van der Waals surface area contributed by atoms with Crippen LogP contribution in [0.15, 0.2) is 64.4 Å². The third kappa shape index (κ3) is 5.19. The molecule has 0 bridgehead atoms. The first kappa shape index (κ1) is 19.2. The van der Waals surface area contributed by atoms with Crippen molar-refractivity contribution in [1.82, 2.24) is 4.31 Å². The van der Waals surface area contributed by atoms with Crippen molar-refractivity contribution in [2.24, 2.45) is 0 Å². The van der Waals surface area contributed by atoms with Gasteiger partial charge in [0.2, 0.25) is 15.9 Å². The number of amides is 1. The molecule has 132 valence electrons. The first-order chi connectivity index (χ1) is 11.8. The molecule has 0 atom stereocenters. The molecule has 0 radical (unpaired) electrons. The number of nitrogens with zero attached hydrogens (tertiary/aromatic N) is 1. The van der Waals surface area contributed by atoms with Gasteiger partial charge in [0.25, 0.3) is 0 Å². The van der Waals surface area contributed by atoms with Crippen LogP contribution in [0.5, 0.6) is 0 Å². The fraction of sp³-hybridized carbons (Fsp3) is 0.167. The molecule has 7 heteroatoms. The molecule has 0 spiro atoms. The Labute approximate surface area is 152 Å². The molecule has 0 fully saturated rings. The van der Waals surface area contributed by atoms with E-state index in [1.54, 1.807) is 30.0 Å². The minimum absolute atomic E-state index is 0.180. The van der Waals surface area contributed by atoms with Crippen LogP contribution in [-0.2, 0) is 14.8 Å². The lowest BCUT2D eigenvalue weighted by atomic mass is 10.2. The summed E-state index contributed by atoms with van der Waals surface area (Å²) in [7, 11) is -0.522. The van der Waals surface area contributed by atoms with E-state index in [0.29, 0.717) is 5.69 Å². The zero-order chi connectivity index (χ0) is 18.4. The van der Waals surface area contributed by atoms with Crippen molar-refractivity contribution < 1.29 is 13.2 Å². The number of nitrogens with one attached hydrogen (secondary N) is 1. The number of rotatable bonds is 6. The van der Waals surface area contributed by atoms with Gasteiger partial charge in [0.1, 0.15) is 0 Å². The summed E-state index contributed by atoms with van der Waals surface area (Å²) in [5, 5.41) is 2.70. The number of thioether (sulfide) groups is 1. The maximum atomic E-state index is 12.0. The number of carbonyl (C=O) groups excluding carboxylic acids is 1. The summed E-state index contributed by atoms with van der Waals surface area (Å²) in [5.41, 5.74) is 1.46. The SMILES string of the molecule is CSc1ccc(/C=C/C(=O)Nc2ccc(S(=O)(=O)N(C)C)cc2)cc1. The summed E-state index contributed by atoms with van der Waals surface area (Å²) in [6.45, 7) is 0. The second-order valence-electron chi connectivity index (χ2n) is 5.41. The van der Waals surface area contributed by atoms with E-state index in [1.165, 1.54) is 32.3 Å². The summed E-state index contributed by atoms with van der Waals surface area (Å²) in [6, 6.07) is 13.9. The Morgan fingerprint density at radius 3 is 2.16 bits per heavy atom. The third-order valence-electron chi connectivity index (χ3n) is 3.44. The molecule has 0 aliphatic rings. The van der Waals surface area contributed by atoms with Crippen molar-refractivity contribution in [3.63, 3.8) is 0 Å². The Kier molecular flexibility index (Phi) is 6.41. The van der Waals surface area contributed by atoms with Crippen LogP contribution < -0.4 is 5.32 Å². The largest absolute Gasteiger partial charge is 0.323 e. The smallest absolute Gasteiger partial charge is 0.248 e. The van der Waals surface area contributed by atoms with Gasteiger partial charge in [0.05, 0.1) is 4.90 Å². The van der Waals surface area contributed by atoms with Crippen LogP contribution in [0.3, 0.4) is 0 Å². The molecule has 5 nitrogen and oxygen atoms in total. The second-order valence-corrected chi connectivity index (χ2v) is 8.44. The van der Waals surface area contributed by atoms with Gasteiger partial charge in [-0.05, 0) is 54.3 Å². The van der Waals surface area contributed by atoms with Gasteiger partial charge in [0, 0.05) is 30.8 Å². The van der Waals surface area contributed by atoms with Gasteiger partial charge < -0.3 is 5.32 Å². The van der Waals surface area contributed by atoms with Gasteiger partial charge in [0.15, 0.2) is 0 Å². The number of carbonyl (C=O) groups is 1. The molecule has 0 aromatic heterocycles. The van der Waals surface area contributed by atoms with Crippen LogP contribution in [0.25, 0.3) is 6.08 Å². The molecule has 2 aromatic rings. The Hall–Kier alpha value is -2.09. The minimum Gasteiger partial charge on any atom is -0.323 e. The number of sulfonamides is 1. The lowest BCUT2D eigenvalue weighted by Crippen LogP contribution is -2.22. The average Bonchev–Trinajstić information content (AvgIpc) is 2.60. The van der Waals surface area contributed by atoms with Crippen molar-refractivity contribution in [3.05, 3.63) is 60.2 Å². The summed E-state index contributed by atoms with van der Waals surface area (Å²) in [6.07, 6.45) is 5.18. The van der Waals surface area contributed by atoms with E-state index in [0.717, 1.165) is 14.8 Å². The van der Waals surface area contributed by atoms with Crippen molar-refractivity contribution >= 4 is 39.5 Å². The highest BCUT2D eigenvalue weighted by molar-refractivity contribution is 7.98. The van der Waals surface area contributed by atoms with Crippen LogP contribution in [0.1, 0.15) is 5.56 Å². The number of hydrogen-bond acceptors (Lipinski definition) is 4. The highest BCUT2D eigenvalue weighted by Crippen LogP contribution is 2.17. The van der Waals surface area contributed by atoms with Crippen LogP contribution in [0.4, 0.5) is 5.69 Å². The topological polar surface area (TPSA) is 66.5 Å². The molecule has 25 heavy (non-hydrogen) atoms. The Morgan fingerprint density at radius 2 is 1.64 bits per heavy atom. The molecule has 1 N–H and O–H groups in total. The molecule has 0 saturated heterocycles. The second kappa shape index (κ2) is 8.33. The van der Waals surface area contributed by atoms with Crippen LogP contribution in [0.2, 0.25) is 0 Å². The van der Waals surface area contributed by atoms with E-state index < -0.39 is 10.0 Å². The van der Waals surface area contributed by atoms with E-state index in [1.807, 2.05) is 30.5 Å². The molecule has 2 rings (SSSR count). The first-order valence-electron chi connectivity index (χ1n) is 7.48. The highest BCUT2D eigenvalue weighted by atomic mass is 32.2. The molecule has 1 amide bonds. The molecular weight excluding hydrogens is 356 g/mol. The normalized spacial score (nSPS) is 11.8. The van der Waals surface area contributed by atoms with E-state index in [4.69, 9.17) is 0 Å². The van der Waals surface area contributed by atoms with Crippen molar-refractivity contribution in [2.45, 2.75) is 9.79 Å². The van der Waals surface area contributed by atoms with E-state index >= 15 is 0 Å². The number of benzene rings is 2. The molecular formula is C18H20N2O3S2. The summed E-state index contributed by atoms with van der Waals surface area (Å²) < 4.78 is 25.1. The van der Waals surface area contributed by atoms with E-state index in [-0.39, 0.29) is 10.8 Å². The van der Waals surface area contributed by atoms with Crippen LogP contribution >= 0.6 is 11.8 Å². The maximum Gasteiger partial charge on any atom is 0.248 e. The predicted molar refractivity (Wildman–Crippen MR) is 103 cm³/mol. The van der Waals surface area contributed by atoms with Crippen LogP contribution in [-0.4, -0.2) is 39.0 Å². The lowest BCUT2D eigenvalue weighted by molar-refractivity contribution is -0.111. The standard InChI is InChI=1S/C18H20N2O3S2/c1-20(2)25(22,23)17-11-7-15(8-12-17)19-18(21)13-6-14-4-9-16(24-3)10-5-14/h4-13H,1-3H3,(H,19,21)/b13-6+. The Morgan fingerprint density at radius 1 is 1.04 bits per heavy atom. The predicted octanol–water partition coefficient (Wildman–Crippen LogP) is 3.31. The van der Waals surface area contributed by atoms with Crippen molar-refractivity contribution in [3.8, 4) is 0 Å². The van der Waals surface area contributed by atoms with Gasteiger partial charge in [-0.2, -0.15) is 0 Å². The quantitative estimate of drug-likeness (QED) is 0.620. The van der Waals surface area contributed by atoms with Gasteiger partial charge in [-0.25, -0.2) is 12.7 Å². The fourth-order valence-electron chi connectivity index (χ4n) is 1.99. The monoisotopic (exact) mass is 376 g/mol. The first-order valence-corrected chi connectivity index (χ1v) is 10.1. The van der Waals surface area contributed by atoms with Crippen molar-refractivity contribution in [1.29, 1.82) is 0 Å². The Balaban J connectivity index is 2.01.